The van der Waals surface area contributed by atoms with Gasteiger partial charge in [-0.2, -0.15) is 0 Å². The molecule has 1 amide bonds. The number of hydrogen-bond acceptors (Lipinski definition) is 4. The van der Waals surface area contributed by atoms with Gasteiger partial charge in [0.05, 0.1) is 24.9 Å². The van der Waals surface area contributed by atoms with Crippen LogP contribution < -0.4 is 5.73 Å². The molecule has 5 heteroatoms. The zero-order valence-electron chi connectivity index (χ0n) is 10.2. The number of nitrogens with zero attached hydrogens (tertiary/aromatic N) is 1. The van der Waals surface area contributed by atoms with E-state index < -0.39 is 6.04 Å². The van der Waals surface area contributed by atoms with E-state index in [1.807, 2.05) is 20.8 Å². The molecule has 1 aliphatic heterocycles. The van der Waals surface area contributed by atoms with Crippen molar-refractivity contribution < 1.29 is 14.6 Å². The second-order valence-corrected chi connectivity index (χ2v) is 4.76. The summed E-state index contributed by atoms with van der Waals surface area (Å²) in [5.74, 6) is 0.0711. The third-order valence-electron chi connectivity index (χ3n) is 2.84. The van der Waals surface area contributed by atoms with E-state index in [4.69, 9.17) is 15.6 Å². The molecule has 0 aromatic heterocycles. The molecule has 5 nitrogen and oxygen atoms in total. The Kier molecular flexibility index (Phi) is 4.70. The SMILES string of the molecule is CC1CN(C(=O)[C@H](N)C(C)C)CC(CO)O1. The topological polar surface area (TPSA) is 75.8 Å². The fourth-order valence-electron chi connectivity index (χ4n) is 1.82. The third-order valence-corrected chi connectivity index (χ3v) is 2.84. The molecule has 2 unspecified atom stereocenters. The Labute approximate surface area is 96.6 Å². The van der Waals surface area contributed by atoms with E-state index in [-0.39, 0.29) is 30.6 Å². The Hall–Kier alpha value is -0.650. The molecule has 1 fully saturated rings. The predicted molar refractivity (Wildman–Crippen MR) is 60.8 cm³/mol. The van der Waals surface area contributed by atoms with Gasteiger partial charge in [-0.05, 0) is 12.8 Å². The van der Waals surface area contributed by atoms with Crippen LogP contribution in [0.15, 0.2) is 0 Å². The summed E-state index contributed by atoms with van der Waals surface area (Å²) in [4.78, 5) is 13.7. The maximum Gasteiger partial charge on any atom is 0.239 e. The quantitative estimate of drug-likeness (QED) is 0.690. The number of nitrogens with two attached hydrogens (primary N) is 1. The Bertz CT molecular complexity index is 245. The van der Waals surface area contributed by atoms with Gasteiger partial charge in [-0.3, -0.25) is 4.79 Å². The highest BCUT2D eigenvalue weighted by molar-refractivity contribution is 5.82. The first-order valence-electron chi connectivity index (χ1n) is 5.76. The first-order chi connectivity index (χ1) is 7.45. The number of aliphatic hydroxyl groups is 1. The molecule has 3 atom stereocenters. The average Bonchev–Trinajstić information content (AvgIpc) is 2.25. The largest absolute Gasteiger partial charge is 0.394 e. The van der Waals surface area contributed by atoms with Gasteiger partial charge in [-0.15, -0.1) is 0 Å². The van der Waals surface area contributed by atoms with Crippen LogP contribution in [0.25, 0.3) is 0 Å². The van der Waals surface area contributed by atoms with E-state index in [0.717, 1.165) is 0 Å². The highest BCUT2D eigenvalue weighted by atomic mass is 16.5. The number of hydrogen-bond donors (Lipinski definition) is 2. The van der Waals surface area contributed by atoms with Crippen LogP contribution in [0.2, 0.25) is 0 Å². The zero-order valence-corrected chi connectivity index (χ0v) is 10.2. The minimum Gasteiger partial charge on any atom is -0.394 e. The minimum atomic E-state index is -0.468. The Morgan fingerprint density at radius 2 is 2.19 bits per heavy atom. The lowest BCUT2D eigenvalue weighted by Gasteiger charge is -2.37. The highest BCUT2D eigenvalue weighted by Gasteiger charge is 2.31. The van der Waals surface area contributed by atoms with Gasteiger partial charge in [0.2, 0.25) is 5.91 Å². The first kappa shape index (κ1) is 13.4. The van der Waals surface area contributed by atoms with Gasteiger partial charge in [0, 0.05) is 13.1 Å². The monoisotopic (exact) mass is 230 g/mol. The fraction of sp³-hybridized carbons (Fsp3) is 0.909. The molecule has 0 aliphatic carbocycles. The van der Waals surface area contributed by atoms with Gasteiger partial charge in [-0.25, -0.2) is 0 Å². The summed E-state index contributed by atoms with van der Waals surface area (Å²) >= 11 is 0. The van der Waals surface area contributed by atoms with Crippen molar-refractivity contribution in [3.8, 4) is 0 Å². The number of aliphatic hydroxyl groups excluding tert-OH is 1. The molecule has 3 N–H and O–H groups in total. The summed E-state index contributed by atoms with van der Waals surface area (Å²) in [5, 5.41) is 9.06. The highest BCUT2D eigenvalue weighted by Crippen LogP contribution is 2.13. The van der Waals surface area contributed by atoms with Crippen molar-refractivity contribution in [1.82, 2.24) is 4.90 Å². The molecular weight excluding hydrogens is 208 g/mol. The van der Waals surface area contributed by atoms with Crippen LogP contribution in [0.5, 0.6) is 0 Å². The molecule has 0 spiro atoms. The molecule has 0 bridgehead atoms. The van der Waals surface area contributed by atoms with Crippen LogP contribution in [0.3, 0.4) is 0 Å². The van der Waals surface area contributed by atoms with E-state index >= 15 is 0 Å². The number of rotatable bonds is 3. The normalized spacial score (nSPS) is 28.2. The summed E-state index contributed by atoms with van der Waals surface area (Å²) in [6.07, 6.45) is -0.332. The molecule has 1 rings (SSSR count). The molecule has 0 aromatic carbocycles. The van der Waals surface area contributed by atoms with Gasteiger partial charge in [-0.1, -0.05) is 13.8 Å². The standard InChI is InChI=1S/C11H22N2O3/c1-7(2)10(12)11(15)13-4-8(3)16-9(5-13)6-14/h7-10,14H,4-6,12H2,1-3H3/t8?,9?,10-/m1/s1. The summed E-state index contributed by atoms with van der Waals surface area (Å²) in [5.41, 5.74) is 5.83. The molecule has 1 aliphatic rings. The van der Waals surface area contributed by atoms with E-state index in [2.05, 4.69) is 0 Å². The van der Waals surface area contributed by atoms with E-state index in [0.29, 0.717) is 13.1 Å². The van der Waals surface area contributed by atoms with E-state index in [9.17, 15) is 4.79 Å². The number of carbonyl (C=O) groups is 1. The first-order valence-corrected chi connectivity index (χ1v) is 5.76. The summed E-state index contributed by atoms with van der Waals surface area (Å²) in [6, 6.07) is -0.468. The van der Waals surface area contributed by atoms with Crippen LogP contribution >= 0.6 is 0 Å². The second kappa shape index (κ2) is 5.61. The van der Waals surface area contributed by atoms with Gasteiger partial charge in [0.15, 0.2) is 0 Å². The molecule has 0 saturated carbocycles. The number of ether oxygens (including phenoxy) is 1. The van der Waals surface area contributed by atoms with Crippen molar-refractivity contribution in [2.45, 2.75) is 39.0 Å². The summed E-state index contributed by atoms with van der Waals surface area (Å²) in [6.45, 7) is 6.66. The van der Waals surface area contributed by atoms with Crippen LogP contribution in [0, 0.1) is 5.92 Å². The van der Waals surface area contributed by atoms with Crippen LogP contribution in [0.1, 0.15) is 20.8 Å². The number of carbonyl (C=O) groups excluding carboxylic acids is 1. The smallest absolute Gasteiger partial charge is 0.239 e. The Morgan fingerprint density at radius 3 is 2.69 bits per heavy atom. The lowest BCUT2D eigenvalue weighted by atomic mass is 10.0. The van der Waals surface area contributed by atoms with Crippen molar-refractivity contribution in [3.05, 3.63) is 0 Å². The van der Waals surface area contributed by atoms with Crippen LogP contribution in [-0.4, -0.2) is 53.9 Å². The van der Waals surface area contributed by atoms with Crippen molar-refractivity contribution >= 4 is 5.91 Å². The Morgan fingerprint density at radius 1 is 1.56 bits per heavy atom. The second-order valence-electron chi connectivity index (χ2n) is 4.76. The lowest BCUT2D eigenvalue weighted by Crippen LogP contribution is -2.55. The Balaban J connectivity index is 2.61. The van der Waals surface area contributed by atoms with Gasteiger partial charge in [0.1, 0.15) is 0 Å². The van der Waals surface area contributed by atoms with Crippen molar-refractivity contribution in [3.63, 3.8) is 0 Å². The number of amides is 1. The van der Waals surface area contributed by atoms with Crippen molar-refractivity contribution in [2.24, 2.45) is 11.7 Å². The molecule has 0 radical (unpaired) electrons. The lowest BCUT2D eigenvalue weighted by molar-refractivity contribution is -0.149. The van der Waals surface area contributed by atoms with Crippen LogP contribution in [-0.2, 0) is 9.53 Å². The molecule has 1 saturated heterocycles. The van der Waals surface area contributed by atoms with Gasteiger partial charge < -0.3 is 20.5 Å². The summed E-state index contributed by atoms with van der Waals surface area (Å²) in [7, 11) is 0. The molecular formula is C11H22N2O3. The maximum atomic E-state index is 12.0. The average molecular weight is 230 g/mol. The van der Waals surface area contributed by atoms with Crippen LogP contribution in [0.4, 0.5) is 0 Å². The molecule has 94 valence electrons. The van der Waals surface area contributed by atoms with Crippen molar-refractivity contribution in [1.29, 1.82) is 0 Å². The fourth-order valence-corrected chi connectivity index (χ4v) is 1.82. The zero-order chi connectivity index (χ0) is 12.3. The van der Waals surface area contributed by atoms with E-state index in [1.165, 1.54) is 0 Å². The predicted octanol–water partition coefficient (Wildman–Crippen LogP) is -0.422. The van der Waals surface area contributed by atoms with Gasteiger partial charge >= 0.3 is 0 Å². The summed E-state index contributed by atoms with van der Waals surface area (Å²) < 4.78 is 5.47. The molecule has 16 heavy (non-hydrogen) atoms. The van der Waals surface area contributed by atoms with Crippen molar-refractivity contribution in [2.75, 3.05) is 19.7 Å². The molecule has 1 heterocycles. The maximum absolute atomic E-state index is 12.0. The van der Waals surface area contributed by atoms with Gasteiger partial charge in [0.25, 0.3) is 0 Å². The van der Waals surface area contributed by atoms with E-state index in [1.54, 1.807) is 4.90 Å². The third kappa shape index (κ3) is 3.17. The number of morpholine rings is 1. The molecule has 0 aromatic rings. The minimum absolute atomic E-state index is 0.0470.